The predicted octanol–water partition coefficient (Wildman–Crippen LogP) is 4.30. The highest BCUT2D eigenvalue weighted by Gasteiger charge is 2.26. The monoisotopic (exact) mass is 255 g/mol. The number of aromatic nitrogens is 2. The molecule has 0 spiro atoms. The largest absolute Gasteiger partial charge is 0.326 e. The zero-order valence-corrected chi connectivity index (χ0v) is 11.6. The van der Waals surface area contributed by atoms with Gasteiger partial charge in [-0.2, -0.15) is 0 Å². The molecule has 0 amide bonds. The molecule has 1 unspecified atom stereocenters. The number of hydrogen-bond donors (Lipinski definition) is 1. The molecule has 0 aliphatic heterocycles. The van der Waals surface area contributed by atoms with Gasteiger partial charge in [0, 0.05) is 17.9 Å². The van der Waals surface area contributed by atoms with Crippen LogP contribution in [0.25, 0.3) is 0 Å². The number of anilines is 2. The van der Waals surface area contributed by atoms with Crippen molar-refractivity contribution < 1.29 is 0 Å². The molecule has 3 rings (SSSR count). The summed E-state index contributed by atoms with van der Waals surface area (Å²) in [6, 6.07) is 10.8. The minimum atomic E-state index is 0.529. The molecule has 0 radical (unpaired) electrons. The van der Waals surface area contributed by atoms with Gasteiger partial charge in [-0.1, -0.05) is 24.6 Å². The van der Waals surface area contributed by atoms with E-state index in [1.807, 2.05) is 18.2 Å². The highest BCUT2D eigenvalue weighted by Crippen LogP contribution is 2.37. The van der Waals surface area contributed by atoms with Crippen LogP contribution >= 0.6 is 0 Å². The second kappa shape index (κ2) is 5.08. The molecule has 3 heteroatoms. The minimum Gasteiger partial charge on any atom is -0.326 e. The van der Waals surface area contributed by atoms with Crippen molar-refractivity contribution in [3.63, 3.8) is 0 Å². The van der Waals surface area contributed by atoms with E-state index in [0.29, 0.717) is 6.04 Å². The molecule has 1 aliphatic rings. The molecule has 1 N–H and O–H groups in total. The summed E-state index contributed by atoms with van der Waals surface area (Å²) in [6.07, 6.45) is 6.24. The number of imidazole rings is 1. The van der Waals surface area contributed by atoms with Gasteiger partial charge < -0.3 is 9.88 Å². The first-order valence-corrected chi connectivity index (χ1v) is 7.11. The minimum absolute atomic E-state index is 0.529. The third-order valence-corrected chi connectivity index (χ3v) is 4.15. The van der Waals surface area contributed by atoms with Gasteiger partial charge in [-0.25, -0.2) is 4.98 Å². The summed E-state index contributed by atoms with van der Waals surface area (Å²) in [6.45, 7) is 4.36. The molecule has 1 atom stereocenters. The molecule has 1 fully saturated rings. The van der Waals surface area contributed by atoms with E-state index in [1.165, 1.54) is 19.3 Å². The summed E-state index contributed by atoms with van der Waals surface area (Å²) in [5, 5.41) is 3.43. The van der Waals surface area contributed by atoms with Crippen molar-refractivity contribution in [2.24, 2.45) is 5.92 Å². The molecule has 100 valence electrons. The fraction of sp³-hybridized carbons (Fsp3) is 0.438. The SMILES string of the molecule is Cc1cn(C(C)C2CCC2)c(Nc2ccccc2)n1. The first-order valence-electron chi connectivity index (χ1n) is 7.11. The van der Waals surface area contributed by atoms with Gasteiger partial charge in [-0.3, -0.25) is 0 Å². The van der Waals surface area contributed by atoms with E-state index >= 15 is 0 Å². The number of rotatable bonds is 4. The van der Waals surface area contributed by atoms with Crippen LogP contribution in [0.5, 0.6) is 0 Å². The van der Waals surface area contributed by atoms with E-state index in [0.717, 1.165) is 23.2 Å². The molecule has 0 bridgehead atoms. The Morgan fingerprint density at radius 3 is 2.63 bits per heavy atom. The van der Waals surface area contributed by atoms with Crippen molar-refractivity contribution in [3.8, 4) is 0 Å². The predicted molar refractivity (Wildman–Crippen MR) is 78.7 cm³/mol. The highest BCUT2D eigenvalue weighted by molar-refractivity contribution is 5.53. The van der Waals surface area contributed by atoms with Gasteiger partial charge in [0.15, 0.2) is 0 Å². The number of benzene rings is 1. The number of para-hydroxylation sites is 1. The highest BCUT2D eigenvalue weighted by atomic mass is 15.2. The molecule has 1 heterocycles. The number of hydrogen-bond acceptors (Lipinski definition) is 2. The second-order valence-corrected chi connectivity index (χ2v) is 5.54. The Kier molecular flexibility index (Phi) is 3.28. The number of aryl methyl sites for hydroxylation is 1. The molecule has 2 aromatic rings. The van der Waals surface area contributed by atoms with Gasteiger partial charge in [-0.05, 0) is 44.7 Å². The summed E-state index contributed by atoms with van der Waals surface area (Å²) in [4.78, 5) is 4.62. The van der Waals surface area contributed by atoms with Crippen molar-refractivity contribution in [1.29, 1.82) is 0 Å². The van der Waals surface area contributed by atoms with Gasteiger partial charge >= 0.3 is 0 Å². The van der Waals surface area contributed by atoms with Crippen LogP contribution in [0.4, 0.5) is 11.6 Å². The van der Waals surface area contributed by atoms with Crippen molar-refractivity contribution in [2.45, 2.75) is 39.2 Å². The summed E-state index contributed by atoms with van der Waals surface area (Å²) >= 11 is 0. The van der Waals surface area contributed by atoms with Gasteiger partial charge in [0.2, 0.25) is 5.95 Å². The van der Waals surface area contributed by atoms with E-state index in [2.05, 4.69) is 47.0 Å². The van der Waals surface area contributed by atoms with Crippen LogP contribution in [-0.4, -0.2) is 9.55 Å². The molecule has 1 aliphatic carbocycles. The van der Waals surface area contributed by atoms with Gasteiger partial charge in [0.05, 0.1) is 5.69 Å². The second-order valence-electron chi connectivity index (χ2n) is 5.54. The standard InChI is InChI=1S/C16H21N3/c1-12-11-19(13(2)14-7-6-8-14)16(17-12)18-15-9-4-3-5-10-15/h3-5,9-11,13-14H,6-8H2,1-2H3,(H,17,18). The van der Waals surface area contributed by atoms with Crippen LogP contribution in [0, 0.1) is 12.8 Å². The lowest BCUT2D eigenvalue weighted by molar-refractivity contribution is 0.224. The Hall–Kier alpha value is -1.77. The first kappa shape index (κ1) is 12.3. The summed E-state index contributed by atoms with van der Waals surface area (Å²) in [5.41, 5.74) is 2.17. The normalized spacial score (nSPS) is 16.9. The molecular formula is C16H21N3. The van der Waals surface area contributed by atoms with E-state index in [9.17, 15) is 0 Å². The van der Waals surface area contributed by atoms with Gasteiger partial charge in [-0.15, -0.1) is 0 Å². The maximum absolute atomic E-state index is 4.62. The van der Waals surface area contributed by atoms with Crippen LogP contribution in [0.15, 0.2) is 36.5 Å². The Morgan fingerprint density at radius 2 is 2.00 bits per heavy atom. The third-order valence-electron chi connectivity index (χ3n) is 4.15. The van der Waals surface area contributed by atoms with Crippen LogP contribution in [0.2, 0.25) is 0 Å². The Labute approximate surface area is 114 Å². The molecule has 1 aromatic carbocycles. The molecule has 0 saturated heterocycles. The van der Waals surface area contributed by atoms with Crippen LogP contribution in [0.1, 0.15) is 37.9 Å². The fourth-order valence-corrected chi connectivity index (χ4v) is 2.72. The molecule has 3 nitrogen and oxygen atoms in total. The van der Waals surface area contributed by atoms with Gasteiger partial charge in [0.25, 0.3) is 0 Å². The Morgan fingerprint density at radius 1 is 1.26 bits per heavy atom. The van der Waals surface area contributed by atoms with Crippen molar-refractivity contribution in [3.05, 3.63) is 42.2 Å². The van der Waals surface area contributed by atoms with Gasteiger partial charge in [0.1, 0.15) is 0 Å². The lowest BCUT2D eigenvalue weighted by Crippen LogP contribution is -2.23. The van der Waals surface area contributed by atoms with E-state index < -0.39 is 0 Å². The lowest BCUT2D eigenvalue weighted by atomic mass is 9.80. The average Bonchev–Trinajstić information content (AvgIpc) is 2.69. The fourth-order valence-electron chi connectivity index (χ4n) is 2.72. The summed E-state index contributed by atoms with van der Waals surface area (Å²) < 4.78 is 2.30. The van der Waals surface area contributed by atoms with E-state index in [1.54, 1.807) is 0 Å². The van der Waals surface area contributed by atoms with Crippen molar-refractivity contribution in [1.82, 2.24) is 9.55 Å². The maximum atomic E-state index is 4.62. The number of nitrogens with zero attached hydrogens (tertiary/aromatic N) is 2. The topological polar surface area (TPSA) is 29.9 Å². The van der Waals surface area contributed by atoms with Crippen LogP contribution < -0.4 is 5.32 Å². The Bertz CT molecular complexity index is 540. The quantitative estimate of drug-likeness (QED) is 0.883. The van der Waals surface area contributed by atoms with Crippen LogP contribution in [0.3, 0.4) is 0 Å². The molecule has 19 heavy (non-hydrogen) atoms. The number of nitrogens with one attached hydrogen (secondary N) is 1. The maximum Gasteiger partial charge on any atom is 0.207 e. The van der Waals surface area contributed by atoms with E-state index in [4.69, 9.17) is 0 Å². The van der Waals surface area contributed by atoms with Crippen LogP contribution in [-0.2, 0) is 0 Å². The summed E-state index contributed by atoms with van der Waals surface area (Å²) in [7, 11) is 0. The van der Waals surface area contributed by atoms with Crippen molar-refractivity contribution in [2.75, 3.05) is 5.32 Å². The van der Waals surface area contributed by atoms with Crippen molar-refractivity contribution >= 4 is 11.6 Å². The zero-order valence-electron chi connectivity index (χ0n) is 11.6. The molecule has 1 saturated carbocycles. The zero-order chi connectivity index (χ0) is 13.2. The lowest BCUT2D eigenvalue weighted by Gasteiger charge is -2.33. The first-order chi connectivity index (χ1) is 9.24. The van der Waals surface area contributed by atoms with E-state index in [-0.39, 0.29) is 0 Å². The Balaban J connectivity index is 1.84. The molecule has 1 aromatic heterocycles. The third kappa shape index (κ3) is 2.50. The smallest absolute Gasteiger partial charge is 0.207 e. The average molecular weight is 255 g/mol. The summed E-state index contributed by atoms with van der Waals surface area (Å²) in [5.74, 6) is 1.77. The molecular weight excluding hydrogens is 234 g/mol.